The fraction of sp³-hybridized carbons (Fsp3) is 0.800. The minimum absolute atomic E-state index is 0.0517. The lowest BCUT2D eigenvalue weighted by Gasteiger charge is -2.58. The molecule has 1 spiro atoms. The number of rotatable bonds is 4. The molecule has 0 aromatic carbocycles. The van der Waals surface area contributed by atoms with E-state index in [-0.39, 0.29) is 47.8 Å². The van der Waals surface area contributed by atoms with Gasteiger partial charge in [-0.15, -0.1) is 0 Å². The summed E-state index contributed by atoms with van der Waals surface area (Å²) >= 11 is 0. The van der Waals surface area contributed by atoms with Crippen LogP contribution in [0.4, 0.5) is 0 Å². The van der Waals surface area contributed by atoms with Crippen molar-refractivity contribution < 1.29 is 29.3 Å². The van der Waals surface area contributed by atoms with Crippen LogP contribution >= 0.6 is 0 Å². The molecule has 3 aliphatic heterocycles. The van der Waals surface area contributed by atoms with Crippen LogP contribution in [0.5, 0.6) is 0 Å². The summed E-state index contributed by atoms with van der Waals surface area (Å²) in [6.45, 7) is 10.3. The van der Waals surface area contributed by atoms with Gasteiger partial charge >= 0.3 is 5.97 Å². The number of hydrogen-bond acceptors (Lipinski definition) is 7. The van der Waals surface area contributed by atoms with Crippen LogP contribution in [0.1, 0.15) is 66.2 Å². The number of carbonyl (C=O) groups is 2. The van der Waals surface area contributed by atoms with E-state index in [9.17, 15) is 19.8 Å². The van der Waals surface area contributed by atoms with Crippen LogP contribution < -0.4 is 0 Å². The van der Waals surface area contributed by atoms with E-state index in [2.05, 4.69) is 25.7 Å². The Bertz CT molecular complexity index is 1130. The molecule has 0 bridgehead atoms. The Kier molecular flexibility index (Phi) is 5.06. The van der Waals surface area contributed by atoms with Crippen molar-refractivity contribution in [2.45, 2.75) is 90.1 Å². The zero-order chi connectivity index (χ0) is 26.1. The number of aliphatic hydroxyl groups excluding tert-OH is 2. The number of hydrogen-bond donors (Lipinski definition) is 2. The van der Waals surface area contributed by atoms with Crippen LogP contribution in [0.25, 0.3) is 0 Å². The lowest BCUT2D eigenvalue weighted by Crippen LogP contribution is -2.65. The van der Waals surface area contributed by atoms with Crippen LogP contribution in [0, 0.1) is 40.4 Å². The molecule has 5 fully saturated rings. The molecule has 7 aliphatic rings. The largest absolute Gasteiger partial charge is 0.458 e. The molecule has 4 aliphatic carbocycles. The van der Waals surface area contributed by atoms with Gasteiger partial charge in [-0.25, -0.2) is 4.79 Å². The maximum absolute atomic E-state index is 13.8. The summed E-state index contributed by atoms with van der Waals surface area (Å²) < 4.78 is 12.3. The average molecular weight is 512 g/mol. The number of aliphatic hydroxyl groups is 2. The highest BCUT2D eigenvalue weighted by molar-refractivity contribution is 5.99. The summed E-state index contributed by atoms with van der Waals surface area (Å²) in [5, 5.41) is 21.0. The third-order valence-corrected chi connectivity index (χ3v) is 12.5. The van der Waals surface area contributed by atoms with E-state index >= 15 is 0 Å². The minimum atomic E-state index is -0.748. The number of epoxide rings is 1. The molecule has 2 saturated heterocycles. The van der Waals surface area contributed by atoms with Crippen LogP contribution in [0.3, 0.4) is 0 Å². The molecule has 0 aromatic rings. The molecular formula is C30H41NO6. The Morgan fingerprint density at radius 2 is 1.92 bits per heavy atom. The lowest BCUT2D eigenvalue weighted by atomic mass is 9.44. The molecule has 7 nitrogen and oxygen atoms in total. The molecular weight excluding hydrogens is 470 g/mol. The average Bonchev–Trinajstić information content (AvgIpc) is 3.77. The van der Waals surface area contributed by atoms with Crippen molar-refractivity contribution in [3.63, 3.8) is 0 Å². The Hall–Kier alpha value is -1.70. The molecule has 3 saturated carbocycles. The molecule has 0 unspecified atom stereocenters. The molecule has 37 heavy (non-hydrogen) atoms. The zero-order valence-electron chi connectivity index (χ0n) is 22.5. The van der Waals surface area contributed by atoms with Gasteiger partial charge in [-0.3, -0.25) is 4.79 Å². The summed E-state index contributed by atoms with van der Waals surface area (Å²) in [6, 6.07) is 0. The van der Waals surface area contributed by atoms with Gasteiger partial charge in [-0.1, -0.05) is 19.4 Å². The van der Waals surface area contributed by atoms with Gasteiger partial charge in [0.15, 0.2) is 5.78 Å². The highest BCUT2D eigenvalue weighted by Gasteiger charge is 2.81. The smallest absolute Gasteiger partial charge is 0.336 e. The van der Waals surface area contributed by atoms with E-state index in [4.69, 9.17) is 9.47 Å². The third kappa shape index (κ3) is 2.94. The quantitative estimate of drug-likeness (QED) is 0.442. The Morgan fingerprint density at radius 3 is 2.59 bits per heavy atom. The molecule has 11 atom stereocenters. The molecule has 2 N–H and O–H groups in total. The monoisotopic (exact) mass is 511 g/mol. The number of carbonyl (C=O) groups excluding carboxylic acids is 2. The molecule has 7 rings (SSSR count). The Balaban J connectivity index is 1.16. The van der Waals surface area contributed by atoms with Gasteiger partial charge in [0, 0.05) is 31.3 Å². The fourth-order valence-corrected chi connectivity index (χ4v) is 10.3. The predicted molar refractivity (Wildman–Crippen MR) is 135 cm³/mol. The first kappa shape index (κ1) is 24.3. The van der Waals surface area contributed by atoms with E-state index in [1.54, 1.807) is 6.08 Å². The van der Waals surface area contributed by atoms with Gasteiger partial charge in [-0.2, -0.15) is 0 Å². The number of nitrogens with zero attached hydrogens (tertiary/aromatic N) is 1. The molecule has 202 valence electrons. The summed E-state index contributed by atoms with van der Waals surface area (Å²) in [4.78, 5) is 28.5. The Morgan fingerprint density at radius 1 is 1.16 bits per heavy atom. The second-order valence-corrected chi connectivity index (χ2v) is 13.7. The number of ether oxygens (including phenoxy) is 2. The summed E-state index contributed by atoms with van der Waals surface area (Å²) in [5.41, 5.74) is 0.843. The van der Waals surface area contributed by atoms with Crippen molar-refractivity contribution in [2.75, 3.05) is 19.7 Å². The fourth-order valence-electron chi connectivity index (χ4n) is 10.3. The predicted octanol–water partition coefficient (Wildman–Crippen LogP) is 3.00. The maximum atomic E-state index is 13.8. The van der Waals surface area contributed by atoms with E-state index in [1.165, 1.54) is 0 Å². The van der Waals surface area contributed by atoms with Crippen molar-refractivity contribution in [1.29, 1.82) is 0 Å². The zero-order valence-corrected chi connectivity index (χ0v) is 22.5. The van der Waals surface area contributed by atoms with Gasteiger partial charge in [0.2, 0.25) is 0 Å². The van der Waals surface area contributed by atoms with E-state index in [0.717, 1.165) is 56.5 Å². The van der Waals surface area contributed by atoms with Crippen LogP contribution in [0.15, 0.2) is 22.9 Å². The minimum Gasteiger partial charge on any atom is -0.458 e. The summed E-state index contributed by atoms with van der Waals surface area (Å²) in [5.74, 6) is 1.60. The lowest BCUT2D eigenvalue weighted by molar-refractivity contribution is -0.156. The standard InChI is InChI=1S/C30H41NO6/c1-15-11-23(36-27(35)18(15)14-32)16(2)19-5-6-20-17-12-25-30(37-25)26(34)22(31-9-10-31)13-24(33)29(30,4)21(17)7-8-28(19,20)3/h13,16-17,19-21,23,25-26,32,34H,5-12,14H2,1-4H3/t16-,17+,19-,20+,21+,23-,25-,26+,28-,29+,30-/m1/s1. The van der Waals surface area contributed by atoms with Crippen LogP contribution in [0.2, 0.25) is 0 Å². The first-order chi connectivity index (χ1) is 17.6. The van der Waals surface area contributed by atoms with E-state index in [1.807, 2.05) is 6.92 Å². The van der Waals surface area contributed by atoms with Gasteiger partial charge < -0.3 is 24.6 Å². The summed E-state index contributed by atoms with van der Waals surface area (Å²) in [7, 11) is 0. The highest BCUT2D eigenvalue weighted by atomic mass is 16.6. The molecule has 3 heterocycles. The first-order valence-electron chi connectivity index (χ1n) is 14.4. The molecule has 0 amide bonds. The van der Waals surface area contributed by atoms with Gasteiger partial charge in [0.05, 0.1) is 23.7 Å². The van der Waals surface area contributed by atoms with Gasteiger partial charge in [0.25, 0.3) is 0 Å². The van der Waals surface area contributed by atoms with Crippen molar-refractivity contribution in [3.05, 3.63) is 22.9 Å². The van der Waals surface area contributed by atoms with E-state index < -0.39 is 17.1 Å². The number of ketones is 1. The molecule has 0 radical (unpaired) electrons. The maximum Gasteiger partial charge on any atom is 0.336 e. The molecule has 0 aromatic heterocycles. The number of esters is 1. The van der Waals surface area contributed by atoms with Crippen LogP contribution in [-0.4, -0.2) is 70.5 Å². The third-order valence-electron chi connectivity index (χ3n) is 12.5. The Labute approximate surface area is 219 Å². The van der Waals surface area contributed by atoms with Gasteiger partial charge in [0.1, 0.15) is 17.8 Å². The topological polar surface area (TPSA) is 99.4 Å². The van der Waals surface area contributed by atoms with E-state index in [0.29, 0.717) is 29.7 Å². The van der Waals surface area contributed by atoms with Gasteiger partial charge in [-0.05, 0) is 81.0 Å². The van der Waals surface area contributed by atoms with Crippen molar-refractivity contribution >= 4 is 11.8 Å². The first-order valence-corrected chi connectivity index (χ1v) is 14.4. The van der Waals surface area contributed by atoms with Crippen molar-refractivity contribution in [3.8, 4) is 0 Å². The van der Waals surface area contributed by atoms with Crippen molar-refractivity contribution in [2.24, 2.45) is 40.4 Å². The molecule has 7 heteroatoms. The summed E-state index contributed by atoms with van der Waals surface area (Å²) in [6.07, 6.45) is 6.71. The number of cyclic esters (lactones) is 1. The van der Waals surface area contributed by atoms with Crippen molar-refractivity contribution in [1.82, 2.24) is 4.90 Å². The SMILES string of the molecule is CC1=C(CO)C(=O)O[C@@H]([C@H](C)[C@H]2CC[C@H]3[C@@H]4C[C@H]5O[C@@]56[C@@H](O)C(N5CC5)=CC(=O)[C@]6(C)[C@H]4CC[C@]23C)C1. The number of allylic oxidation sites excluding steroid dienone is 1. The van der Waals surface area contributed by atoms with Crippen LogP contribution in [-0.2, 0) is 19.1 Å². The second-order valence-electron chi connectivity index (χ2n) is 13.7. The highest BCUT2D eigenvalue weighted by Crippen LogP contribution is 2.73. The second kappa shape index (κ2) is 7.70. The number of fused-ring (bicyclic) bond motifs is 4. The normalized spacial score (nSPS) is 50.9.